The summed E-state index contributed by atoms with van der Waals surface area (Å²) in [5.74, 6) is -0.626. The summed E-state index contributed by atoms with van der Waals surface area (Å²) < 4.78 is 11.2. The Morgan fingerprint density at radius 3 is 2.00 bits per heavy atom. The van der Waals surface area contributed by atoms with Gasteiger partial charge in [-0.05, 0) is 20.8 Å². The Kier molecular flexibility index (Phi) is 9.43. The van der Waals surface area contributed by atoms with Crippen molar-refractivity contribution in [1.82, 2.24) is 0 Å². The number of rotatable bonds is 5. The monoisotopic (exact) mass is 336 g/mol. The van der Waals surface area contributed by atoms with Crippen LogP contribution in [-0.2, 0) is 31.6 Å². The zero-order chi connectivity index (χ0) is 12.4. The van der Waals surface area contributed by atoms with Crippen LogP contribution in [0.1, 0.15) is 26.3 Å². The van der Waals surface area contributed by atoms with E-state index in [4.69, 9.17) is 9.47 Å². The van der Waals surface area contributed by atoms with E-state index in [-0.39, 0.29) is 0 Å². The van der Waals surface area contributed by atoms with Gasteiger partial charge in [0.1, 0.15) is 0 Å². The topological polar surface area (TPSA) is 18.5 Å². The van der Waals surface area contributed by atoms with E-state index in [0.717, 1.165) is 5.56 Å². The molecule has 0 heterocycles. The average molecular weight is 339 g/mol. The van der Waals surface area contributed by atoms with Crippen LogP contribution >= 0.6 is 13.6 Å². The maximum absolute atomic E-state index is 5.62. The minimum atomic E-state index is -0.626. The summed E-state index contributed by atoms with van der Waals surface area (Å²) in [5.41, 5.74) is 1.03. The third-order valence-corrected chi connectivity index (χ3v) is 2.08. The molecule has 0 aliphatic rings. The fourth-order valence-corrected chi connectivity index (χ4v) is 1.45. The molecule has 0 amide bonds. The van der Waals surface area contributed by atoms with Crippen LogP contribution in [0.5, 0.6) is 0 Å². The van der Waals surface area contributed by atoms with Crippen LogP contribution in [-0.4, -0.2) is 13.2 Å². The third kappa shape index (κ3) is 5.05. The summed E-state index contributed by atoms with van der Waals surface area (Å²) in [6.07, 6.45) is 0. The second-order valence-electron chi connectivity index (χ2n) is 3.10. The van der Waals surface area contributed by atoms with Gasteiger partial charge in [-0.25, -0.2) is 0 Å². The molecular formula is C12H17BrO2Zn. The molecule has 0 saturated heterocycles. The van der Waals surface area contributed by atoms with Gasteiger partial charge in [0.15, 0.2) is 5.79 Å². The second kappa shape index (κ2) is 9.29. The van der Waals surface area contributed by atoms with Crippen molar-refractivity contribution in [2.75, 3.05) is 13.2 Å². The number of hydrogen-bond acceptors (Lipinski definition) is 2. The van der Waals surface area contributed by atoms with Crippen LogP contribution in [0.15, 0.2) is 24.3 Å². The van der Waals surface area contributed by atoms with Crippen molar-refractivity contribution in [3.8, 4) is 0 Å². The molecule has 4 heteroatoms. The first-order valence-electron chi connectivity index (χ1n) is 5.24. The first-order valence-corrected chi connectivity index (χ1v) is 12.2. The zero-order valence-corrected chi connectivity index (χ0v) is 14.7. The minimum absolute atomic E-state index is 0.626. The summed E-state index contributed by atoms with van der Waals surface area (Å²) in [7, 11) is 0. The summed E-state index contributed by atoms with van der Waals surface area (Å²) in [4.78, 5) is 0. The molecule has 0 radical (unpaired) electrons. The fourth-order valence-electron chi connectivity index (χ4n) is 1.45. The van der Waals surface area contributed by atoms with E-state index >= 15 is 0 Å². The van der Waals surface area contributed by atoms with Crippen LogP contribution in [0, 0.1) is 6.07 Å². The average Bonchev–Trinajstić information content (AvgIpc) is 2.33. The van der Waals surface area contributed by atoms with Gasteiger partial charge in [0, 0.05) is 13.2 Å². The SMILES string of the molecule is CCOC(C)(OCC)c1cc[c-]cc1.[Zn+][Br]. The molecule has 1 aromatic carbocycles. The molecular weight excluding hydrogens is 321 g/mol. The number of benzene rings is 1. The van der Waals surface area contributed by atoms with Gasteiger partial charge in [-0.2, -0.15) is 30.3 Å². The Balaban J connectivity index is 0.00000106. The Bertz CT molecular complexity index is 261. The predicted octanol–water partition coefficient (Wildman–Crippen LogP) is 3.58. The molecule has 86 valence electrons. The first kappa shape index (κ1) is 16.2. The van der Waals surface area contributed by atoms with E-state index in [1.54, 1.807) is 0 Å². The van der Waals surface area contributed by atoms with E-state index in [1.807, 2.05) is 45.0 Å². The van der Waals surface area contributed by atoms with Crippen molar-refractivity contribution in [2.45, 2.75) is 26.6 Å². The van der Waals surface area contributed by atoms with Crippen LogP contribution in [0.25, 0.3) is 0 Å². The van der Waals surface area contributed by atoms with Crippen molar-refractivity contribution in [3.63, 3.8) is 0 Å². The molecule has 0 N–H and O–H groups in total. The molecule has 0 atom stereocenters. The van der Waals surface area contributed by atoms with E-state index < -0.39 is 5.79 Å². The second-order valence-corrected chi connectivity index (χ2v) is 3.10. The summed E-state index contributed by atoms with van der Waals surface area (Å²) in [6.45, 7) is 7.14. The molecule has 0 aliphatic heterocycles. The Morgan fingerprint density at radius 2 is 1.62 bits per heavy atom. The summed E-state index contributed by atoms with van der Waals surface area (Å²) in [6, 6.07) is 10.6. The van der Waals surface area contributed by atoms with Crippen LogP contribution in [0.3, 0.4) is 0 Å². The summed E-state index contributed by atoms with van der Waals surface area (Å²) >= 11 is 4.25. The van der Waals surface area contributed by atoms with Gasteiger partial charge in [0.25, 0.3) is 0 Å². The standard InChI is InChI=1S/C12H17O2.BrH.Zn/c1-4-13-12(3,14-5-2)11-9-7-6-8-10-11;;/h7-10H,4-5H2,1-3H3;1H;/q-1;;+2/p-1. The van der Waals surface area contributed by atoms with Gasteiger partial charge in [0.05, 0.1) is 0 Å². The molecule has 16 heavy (non-hydrogen) atoms. The van der Waals surface area contributed by atoms with Crippen molar-refractivity contribution < 1.29 is 25.8 Å². The zero-order valence-electron chi connectivity index (χ0n) is 10.1. The molecule has 0 fully saturated rings. The van der Waals surface area contributed by atoms with E-state index in [2.05, 4.69) is 19.7 Å². The molecule has 2 nitrogen and oxygen atoms in total. The molecule has 0 aliphatic carbocycles. The number of hydrogen-bond donors (Lipinski definition) is 0. The van der Waals surface area contributed by atoms with Gasteiger partial charge < -0.3 is 9.47 Å². The molecule has 0 saturated carbocycles. The quantitative estimate of drug-likeness (QED) is 0.464. The molecule has 0 unspecified atom stereocenters. The molecule has 0 aromatic heterocycles. The fraction of sp³-hybridized carbons (Fsp3) is 0.500. The van der Waals surface area contributed by atoms with Crippen molar-refractivity contribution in [1.29, 1.82) is 0 Å². The van der Waals surface area contributed by atoms with Crippen LogP contribution in [0.4, 0.5) is 0 Å². The summed E-state index contributed by atoms with van der Waals surface area (Å²) in [5, 5.41) is 0. The molecule has 0 spiro atoms. The predicted molar refractivity (Wildman–Crippen MR) is 64.8 cm³/mol. The van der Waals surface area contributed by atoms with E-state index in [1.165, 1.54) is 16.3 Å². The number of ether oxygens (including phenoxy) is 2. The van der Waals surface area contributed by atoms with Gasteiger partial charge in [-0.3, -0.25) is 0 Å². The van der Waals surface area contributed by atoms with E-state index in [9.17, 15) is 0 Å². The van der Waals surface area contributed by atoms with Gasteiger partial charge >= 0.3 is 30.0 Å². The first-order chi connectivity index (χ1) is 7.73. The van der Waals surface area contributed by atoms with E-state index in [0.29, 0.717) is 13.2 Å². The van der Waals surface area contributed by atoms with Gasteiger partial charge in [0.2, 0.25) is 0 Å². The van der Waals surface area contributed by atoms with Crippen LogP contribution in [0.2, 0.25) is 0 Å². The van der Waals surface area contributed by atoms with Crippen molar-refractivity contribution in [3.05, 3.63) is 35.9 Å². The van der Waals surface area contributed by atoms with Gasteiger partial charge in [-0.15, -0.1) is 0 Å². The Labute approximate surface area is 115 Å². The number of halogens is 1. The Morgan fingerprint density at radius 1 is 1.19 bits per heavy atom. The van der Waals surface area contributed by atoms with Gasteiger partial charge in [-0.1, -0.05) is 5.56 Å². The normalized spacial score (nSPS) is 10.6. The maximum atomic E-state index is 5.62. The van der Waals surface area contributed by atoms with Crippen LogP contribution < -0.4 is 0 Å². The molecule has 1 rings (SSSR count). The molecule has 1 aromatic rings. The molecule has 0 bridgehead atoms. The Hall–Kier alpha value is 0.243. The van der Waals surface area contributed by atoms with Crippen molar-refractivity contribution in [2.24, 2.45) is 0 Å². The third-order valence-electron chi connectivity index (χ3n) is 2.08. The van der Waals surface area contributed by atoms with Crippen molar-refractivity contribution >= 4 is 13.6 Å².